The molecule has 5 heteroatoms. The zero-order valence-corrected chi connectivity index (χ0v) is 12.4. The van der Waals surface area contributed by atoms with Crippen molar-refractivity contribution in [3.05, 3.63) is 23.8 Å². The number of benzene rings is 1. The number of nitrogens with zero attached hydrogens (tertiary/aromatic N) is 1. The fourth-order valence-electron chi connectivity index (χ4n) is 2.00. The van der Waals surface area contributed by atoms with E-state index in [0.29, 0.717) is 37.3 Å². The van der Waals surface area contributed by atoms with Gasteiger partial charge in [0.25, 0.3) is 0 Å². The van der Waals surface area contributed by atoms with E-state index >= 15 is 0 Å². The Kier molecular flexibility index (Phi) is 6.87. The molecule has 0 fully saturated rings. The minimum Gasteiger partial charge on any atom is -0.493 e. The molecule has 0 aliphatic rings. The Balaban J connectivity index is 2.70. The molecule has 1 rings (SSSR count). The molecule has 5 nitrogen and oxygen atoms in total. The number of carbonyl (C=O) groups is 1. The third kappa shape index (κ3) is 4.42. The van der Waals surface area contributed by atoms with Crippen LogP contribution >= 0.6 is 0 Å². The van der Waals surface area contributed by atoms with E-state index in [1.165, 1.54) is 0 Å². The van der Waals surface area contributed by atoms with Crippen molar-refractivity contribution < 1.29 is 19.4 Å². The Morgan fingerprint density at radius 1 is 1.25 bits per heavy atom. The Morgan fingerprint density at radius 3 is 2.60 bits per heavy atom. The monoisotopic (exact) mass is 281 g/mol. The summed E-state index contributed by atoms with van der Waals surface area (Å²) in [4.78, 5) is 13.6. The number of amides is 1. The fourth-order valence-corrected chi connectivity index (χ4v) is 2.00. The number of para-hydroxylation sites is 1. The molecule has 1 aromatic rings. The van der Waals surface area contributed by atoms with Gasteiger partial charge in [-0.2, -0.15) is 0 Å². The highest BCUT2D eigenvalue weighted by Crippen LogP contribution is 2.31. The van der Waals surface area contributed by atoms with Crippen molar-refractivity contribution in [1.29, 1.82) is 0 Å². The average molecular weight is 281 g/mol. The van der Waals surface area contributed by atoms with E-state index in [4.69, 9.17) is 14.6 Å². The quantitative estimate of drug-likeness (QED) is 0.738. The van der Waals surface area contributed by atoms with Crippen LogP contribution in [0, 0.1) is 0 Å². The molecule has 0 aliphatic carbocycles. The van der Waals surface area contributed by atoms with Crippen LogP contribution in [-0.4, -0.2) is 43.8 Å². The van der Waals surface area contributed by atoms with Crippen LogP contribution in [0.25, 0.3) is 0 Å². The van der Waals surface area contributed by atoms with Gasteiger partial charge in [-0.25, -0.2) is 0 Å². The van der Waals surface area contributed by atoms with Crippen LogP contribution in [0.3, 0.4) is 0 Å². The summed E-state index contributed by atoms with van der Waals surface area (Å²) >= 11 is 0. The fraction of sp³-hybridized carbons (Fsp3) is 0.533. The number of carbonyl (C=O) groups excluding carboxylic acids is 1. The van der Waals surface area contributed by atoms with E-state index in [1.54, 1.807) is 26.2 Å². The van der Waals surface area contributed by atoms with Crippen molar-refractivity contribution in [3.8, 4) is 11.5 Å². The molecule has 0 aromatic heterocycles. The van der Waals surface area contributed by atoms with Crippen molar-refractivity contribution >= 4 is 5.91 Å². The molecule has 112 valence electrons. The van der Waals surface area contributed by atoms with E-state index in [2.05, 4.69) is 0 Å². The van der Waals surface area contributed by atoms with Crippen LogP contribution in [0.15, 0.2) is 18.2 Å². The molecule has 0 atom stereocenters. The number of rotatable bonds is 8. The highest BCUT2D eigenvalue weighted by Gasteiger charge is 2.14. The summed E-state index contributed by atoms with van der Waals surface area (Å²) in [6.07, 6.45) is 1.81. The van der Waals surface area contributed by atoms with Gasteiger partial charge in [0.15, 0.2) is 11.5 Å². The number of hydrogen-bond acceptors (Lipinski definition) is 4. The number of hydrogen-bond donors (Lipinski definition) is 1. The maximum atomic E-state index is 11.9. The molecule has 1 aromatic carbocycles. The maximum Gasteiger partial charge on any atom is 0.222 e. The van der Waals surface area contributed by atoms with E-state index in [1.807, 2.05) is 18.2 Å². The average Bonchev–Trinajstić information content (AvgIpc) is 2.46. The molecular formula is C15H23NO4. The first-order valence-corrected chi connectivity index (χ1v) is 6.68. The number of ether oxygens (including phenoxy) is 2. The number of aliphatic hydroxyl groups is 1. The SMILES string of the molecule is COc1cccc(CN(C)C(=O)CCCCO)c1OC. The molecule has 1 N–H and O–H groups in total. The smallest absolute Gasteiger partial charge is 0.222 e. The minimum absolute atomic E-state index is 0.0586. The molecule has 20 heavy (non-hydrogen) atoms. The predicted octanol–water partition coefficient (Wildman–Crippen LogP) is 1.82. The van der Waals surface area contributed by atoms with Crippen LogP contribution in [0.4, 0.5) is 0 Å². The molecule has 0 aliphatic heterocycles. The Labute approximate surface area is 120 Å². The summed E-state index contributed by atoms with van der Waals surface area (Å²) in [5.41, 5.74) is 0.907. The lowest BCUT2D eigenvalue weighted by atomic mass is 10.1. The van der Waals surface area contributed by atoms with Crippen molar-refractivity contribution in [2.75, 3.05) is 27.9 Å². The summed E-state index contributed by atoms with van der Waals surface area (Å²) in [7, 11) is 4.94. The Bertz CT molecular complexity index is 434. The van der Waals surface area contributed by atoms with Crippen LogP contribution in [0.2, 0.25) is 0 Å². The third-order valence-corrected chi connectivity index (χ3v) is 3.12. The van der Waals surface area contributed by atoms with Gasteiger partial charge in [-0.15, -0.1) is 0 Å². The van der Waals surface area contributed by atoms with Gasteiger partial charge in [0.2, 0.25) is 5.91 Å². The molecule has 0 spiro atoms. The first kappa shape index (κ1) is 16.3. The second kappa shape index (κ2) is 8.43. The molecule has 0 saturated heterocycles. The van der Waals surface area contributed by atoms with Gasteiger partial charge in [-0.05, 0) is 18.9 Å². The lowest BCUT2D eigenvalue weighted by molar-refractivity contribution is -0.130. The van der Waals surface area contributed by atoms with Crippen LogP contribution in [-0.2, 0) is 11.3 Å². The normalized spacial score (nSPS) is 10.2. The third-order valence-electron chi connectivity index (χ3n) is 3.12. The zero-order valence-electron chi connectivity index (χ0n) is 12.4. The molecule has 0 heterocycles. The standard InChI is InChI=1S/C15H23NO4/c1-16(14(18)9-4-5-10-17)11-12-7-6-8-13(19-2)15(12)20-3/h6-8,17H,4-5,9-11H2,1-3H3. The van der Waals surface area contributed by atoms with Gasteiger partial charge in [0.1, 0.15) is 0 Å². The highest BCUT2D eigenvalue weighted by molar-refractivity contribution is 5.76. The lowest BCUT2D eigenvalue weighted by Crippen LogP contribution is -2.26. The van der Waals surface area contributed by atoms with Crippen LogP contribution in [0.5, 0.6) is 11.5 Å². The number of unbranched alkanes of at least 4 members (excludes halogenated alkanes) is 1. The van der Waals surface area contributed by atoms with E-state index < -0.39 is 0 Å². The summed E-state index contributed by atoms with van der Waals surface area (Å²) in [5.74, 6) is 1.37. The van der Waals surface area contributed by atoms with Crippen molar-refractivity contribution in [1.82, 2.24) is 4.90 Å². The molecule has 0 bridgehead atoms. The second-order valence-electron chi connectivity index (χ2n) is 4.58. The van der Waals surface area contributed by atoms with Crippen molar-refractivity contribution in [3.63, 3.8) is 0 Å². The second-order valence-corrected chi connectivity index (χ2v) is 4.58. The summed E-state index contributed by atoms with van der Waals surface area (Å²) in [6.45, 7) is 0.596. The summed E-state index contributed by atoms with van der Waals surface area (Å²) in [5, 5.41) is 8.72. The van der Waals surface area contributed by atoms with Gasteiger partial charge in [0, 0.05) is 32.2 Å². The van der Waals surface area contributed by atoms with Crippen molar-refractivity contribution in [2.24, 2.45) is 0 Å². The lowest BCUT2D eigenvalue weighted by Gasteiger charge is -2.20. The van der Waals surface area contributed by atoms with Gasteiger partial charge < -0.3 is 19.5 Å². The molecule has 0 radical (unpaired) electrons. The van der Waals surface area contributed by atoms with Crippen LogP contribution in [0.1, 0.15) is 24.8 Å². The van der Waals surface area contributed by atoms with Crippen LogP contribution < -0.4 is 9.47 Å². The van der Waals surface area contributed by atoms with E-state index in [9.17, 15) is 4.79 Å². The molecule has 1 amide bonds. The topological polar surface area (TPSA) is 59.0 Å². The molecular weight excluding hydrogens is 258 g/mol. The Hall–Kier alpha value is -1.75. The summed E-state index contributed by atoms with van der Waals surface area (Å²) in [6, 6.07) is 5.62. The number of aliphatic hydroxyl groups excluding tert-OH is 1. The van der Waals surface area contributed by atoms with E-state index in [-0.39, 0.29) is 12.5 Å². The van der Waals surface area contributed by atoms with Crippen molar-refractivity contribution in [2.45, 2.75) is 25.8 Å². The van der Waals surface area contributed by atoms with Gasteiger partial charge in [0.05, 0.1) is 14.2 Å². The zero-order chi connectivity index (χ0) is 15.0. The first-order valence-electron chi connectivity index (χ1n) is 6.68. The highest BCUT2D eigenvalue weighted by atomic mass is 16.5. The summed E-state index contributed by atoms with van der Waals surface area (Å²) < 4.78 is 10.6. The predicted molar refractivity (Wildman–Crippen MR) is 77.0 cm³/mol. The van der Waals surface area contributed by atoms with Gasteiger partial charge >= 0.3 is 0 Å². The van der Waals surface area contributed by atoms with E-state index in [0.717, 1.165) is 5.56 Å². The molecule has 0 saturated carbocycles. The van der Waals surface area contributed by atoms with Gasteiger partial charge in [-0.1, -0.05) is 12.1 Å². The number of methoxy groups -OCH3 is 2. The Morgan fingerprint density at radius 2 is 2.00 bits per heavy atom. The largest absolute Gasteiger partial charge is 0.493 e. The maximum absolute atomic E-state index is 11.9. The minimum atomic E-state index is 0.0586. The molecule has 0 unspecified atom stereocenters. The first-order chi connectivity index (χ1) is 9.63. The van der Waals surface area contributed by atoms with Gasteiger partial charge in [-0.3, -0.25) is 4.79 Å².